The fourth-order valence-corrected chi connectivity index (χ4v) is 4.82. The van der Waals surface area contributed by atoms with Crippen LogP contribution in [0.3, 0.4) is 0 Å². The molecule has 0 saturated carbocycles. The van der Waals surface area contributed by atoms with E-state index in [1.165, 1.54) is 67.8 Å². The summed E-state index contributed by atoms with van der Waals surface area (Å²) in [6.07, 6.45) is -3.62. The number of halogens is 4. The largest absolute Gasteiger partial charge is 0.424 e. The Morgan fingerprint density at radius 1 is 1.11 bits per heavy atom. The number of urea groups is 1. The van der Waals surface area contributed by atoms with Crippen molar-refractivity contribution in [3.63, 3.8) is 0 Å². The molecule has 1 aliphatic heterocycles. The maximum absolute atomic E-state index is 14.6. The Morgan fingerprint density at radius 3 is 2.58 bits per heavy atom. The average Bonchev–Trinajstić information content (AvgIpc) is 3.23. The molecule has 3 amide bonds. The highest BCUT2D eigenvalue weighted by atomic mass is 32.1. The Bertz CT molecular complexity index is 1490. The van der Waals surface area contributed by atoms with Crippen LogP contribution in [0.2, 0.25) is 0 Å². The van der Waals surface area contributed by atoms with Gasteiger partial charge in [-0.15, -0.1) is 0 Å². The summed E-state index contributed by atoms with van der Waals surface area (Å²) < 4.78 is 57.1. The van der Waals surface area contributed by atoms with E-state index in [-0.39, 0.29) is 22.2 Å². The lowest BCUT2D eigenvalue weighted by Crippen LogP contribution is -2.62. The maximum atomic E-state index is 14.6. The van der Waals surface area contributed by atoms with Gasteiger partial charge >= 0.3 is 12.2 Å². The molecule has 36 heavy (non-hydrogen) atoms. The van der Waals surface area contributed by atoms with E-state index >= 15 is 0 Å². The number of amides is 3. The first-order valence-electron chi connectivity index (χ1n) is 10.4. The number of aromatic nitrogens is 2. The molecule has 0 radical (unpaired) electrons. The van der Waals surface area contributed by atoms with E-state index in [9.17, 15) is 27.2 Å². The minimum Gasteiger partial charge on any atom is -0.357 e. The minimum absolute atomic E-state index is 0.0566. The van der Waals surface area contributed by atoms with Crippen molar-refractivity contribution in [2.24, 2.45) is 0 Å². The van der Waals surface area contributed by atoms with Gasteiger partial charge in [-0.3, -0.25) is 15.0 Å². The predicted molar refractivity (Wildman–Crippen MR) is 128 cm³/mol. The lowest BCUT2D eigenvalue weighted by molar-refractivity contribution is -0.187. The SMILES string of the molecule is CN1C(=O)[C@](c2ccc3nc(NC(=O)Nc4ccc(F)cc4)sc3c2)(C(F)(F)F)Nc2cccnc21. The molecule has 0 aliphatic carbocycles. The smallest absolute Gasteiger partial charge is 0.357 e. The lowest BCUT2D eigenvalue weighted by atomic mass is 9.85. The molecule has 1 atom stereocenters. The van der Waals surface area contributed by atoms with Crippen LogP contribution >= 0.6 is 11.3 Å². The molecule has 4 aromatic rings. The fourth-order valence-electron chi connectivity index (χ4n) is 3.92. The summed E-state index contributed by atoms with van der Waals surface area (Å²) in [6, 6.07) is 11.1. The summed E-state index contributed by atoms with van der Waals surface area (Å²) in [6.45, 7) is 0. The number of hydrogen-bond donors (Lipinski definition) is 3. The number of likely N-dealkylation sites (N-methyl/N-ethyl adjacent to an activating group) is 1. The highest BCUT2D eigenvalue weighted by molar-refractivity contribution is 7.22. The number of carbonyl (C=O) groups is 2. The lowest BCUT2D eigenvalue weighted by Gasteiger charge is -2.42. The number of nitrogens with zero attached hydrogens (tertiary/aromatic N) is 3. The summed E-state index contributed by atoms with van der Waals surface area (Å²) in [5, 5.41) is 7.51. The highest BCUT2D eigenvalue weighted by Crippen LogP contribution is 2.48. The zero-order chi connectivity index (χ0) is 25.7. The van der Waals surface area contributed by atoms with E-state index in [1.54, 1.807) is 0 Å². The van der Waals surface area contributed by atoms with Gasteiger partial charge in [0.15, 0.2) is 10.9 Å². The summed E-state index contributed by atoms with van der Waals surface area (Å²) in [4.78, 5) is 34.5. The van der Waals surface area contributed by atoms with E-state index in [0.717, 1.165) is 16.2 Å². The number of carbonyl (C=O) groups excluding carboxylic acids is 2. The van der Waals surface area contributed by atoms with Gasteiger partial charge < -0.3 is 10.6 Å². The van der Waals surface area contributed by atoms with E-state index in [1.807, 2.05) is 0 Å². The number of anilines is 4. The molecule has 13 heteroatoms. The number of alkyl halides is 3. The molecule has 0 spiro atoms. The van der Waals surface area contributed by atoms with Gasteiger partial charge in [-0.05, 0) is 54.1 Å². The number of thiazole rings is 1. The number of nitrogens with one attached hydrogen (secondary N) is 3. The Hall–Kier alpha value is -4.26. The van der Waals surface area contributed by atoms with Gasteiger partial charge in [-0.2, -0.15) is 13.2 Å². The van der Waals surface area contributed by atoms with Crippen molar-refractivity contribution in [1.82, 2.24) is 9.97 Å². The molecule has 184 valence electrons. The average molecular weight is 516 g/mol. The summed E-state index contributed by atoms with van der Waals surface area (Å²) >= 11 is 0.938. The molecular formula is C23H16F4N6O2S. The Labute approximate surface area is 205 Å². The van der Waals surface area contributed by atoms with E-state index in [0.29, 0.717) is 15.9 Å². The minimum atomic E-state index is -5.00. The molecule has 1 aliphatic rings. The molecule has 0 fully saturated rings. The second-order valence-corrected chi connectivity index (χ2v) is 8.93. The number of benzene rings is 2. The van der Waals surface area contributed by atoms with Crippen molar-refractivity contribution < 1.29 is 27.2 Å². The van der Waals surface area contributed by atoms with Crippen LogP contribution in [-0.4, -0.2) is 35.1 Å². The van der Waals surface area contributed by atoms with E-state index in [4.69, 9.17) is 0 Å². The molecule has 3 N–H and O–H groups in total. The predicted octanol–water partition coefficient (Wildman–Crippen LogP) is 5.32. The second-order valence-electron chi connectivity index (χ2n) is 7.90. The standard InChI is InChI=1S/C23H16F4N6O2S/c1-33-18-16(3-2-10-28-18)32-22(19(33)34,23(25,26)27)12-4-9-15-17(11-12)36-21(30-15)31-20(35)29-14-7-5-13(24)6-8-14/h2-11,32H,1H3,(H2,29,30,31,35)/t22-/m1/s1. The van der Waals surface area contributed by atoms with Crippen molar-refractivity contribution >= 4 is 55.8 Å². The van der Waals surface area contributed by atoms with E-state index in [2.05, 4.69) is 25.9 Å². The molecule has 0 saturated heterocycles. The third kappa shape index (κ3) is 3.86. The van der Waals surface area contributed by atoms with Crippen LogP contribution in [-0.2, 0) is 10.3 Å². The topological polar surface area (TPSA) is 99.2 Å². The Morgan fingerprint density at radius 2 is 1.86 bits per heavy atom. The number of fused-ring (bicyclic) bond motifs is 2. The van der Waals surface area contributed by atoms with Gasteiger partial charge in [0, 0.05) is 18.9 Å². The molecular weight excluding hydrogens is 500 g/mol. The van der Waals surface area contributed by atoms with Gasteiger partial charge in [0.25, 0.3) is 5.91 Å². The first-order chi connectivity index (χ1) is 17.1. The monoisotopic (exact) mass is 516 g/mol. The normalized spacial score (nSPS) is 17.5. The fraction of sp³-hybridized carbons (Fsp3) is 0.130. The van der Waals surface area contributed by atoms with Crippen LogP contribution in [0.1, 0.15) is 5.56 Å². The maximum Gasteiger partial charge on any atom is 0.424 e. The first kappa shape index (κ1) is 23.5. The van der Waals surface area contributed by atoms with Crippen molar-refractivity contribution in [2.45, 2.75) is 11.7 Å². The van der Waals surface area contributed by atoms with Crippen molar-refractivity contribution in [1.29, 1.82) is 0 Å². The van der Waals surface area contributed by atoms with Crippen molar-refractivity contribution in [2.75, 3.05) is 27.9 Å². The molecule has 8 nitrogen and oxygen atoms in total. The van der Waals surface area contributed by atoms with Gasteiger partial charge in [0.1, 0.15) is 5.82 Å². The van der Waals surface area contributed by atoms with Crippen LogP contribution in [0, 0.1) is 5.82 Å². The van der Waals surface area contributed by atoms with Crippen molar-refractivity contribution in [3.8, 4) is 0 Å². The van der Waals surface area contributed by atoms with Gasteiger partial charge in [-0.1, -0.05) is 17.4 Å². The molecule has 0 bridgehead atoms. The van der Waals surface area contributed by atoms with Crippen molar-refractivity contribution in [3.05, 3.63) is 72.2 Å². The van der Waals surface area contributed by atoms with Gasteiger partial charge in [-0.25, -0.2) is 19.2 Å². The molecule has 3 heterocycles. The molecule has 2 aromatic carbocycles. The summed E-state index contributed by atoms with van der Waals surface area (Å²) in [5.41, 5.74) is -2.66. The number of rotatable bonds is 3. The zero-order valence-electron chi connectivity index (χ0n) is 18.4. The van der Waals surface area contributed by atoms with Gasteiger partial charge in [0.2, 0.25) is 5.54 Å². The number of hydrogen-bond acceptors (Lipinski definition) is 6. The van der Waals surface area contributed by atoms with Gasteiger partial charge in [0.05, 0.1) is 15.9 Å². The summed E-state index contributed by atoms with van der Waals surface area (Å²) in [5.74, 6) is -1.61. The van der Waals surface area contributed by atoms with Crippen LogP contribution in [0.5, 0.6) is 0 Å². The third-order valence-electron chi connectivity index (χ3n) is 5.62. The Balaban J connectivity index is 1.48. The molecule has 5 rings (SSSR count). The van der Waals surface area contributed by atoms with E-state index < -0.39 is 29.5 Å². The number of pyridine rings is 1. The zero-order valence-corrected chi connectivity index (χ0v) is 19.2. The van der Waals surface area contributed by atoms with Crippen LogP contribution in [0.4, 0.5) is 44.7 Å². The van der Waals surface area contributed by atoms with Crippen LogP contribution in [0.15, 0.2) is 60.8 Å². The second kappa shape index (κ2) is 8.45. The molecule has 2 aromatic heterocycles. The quantitative estimate of drug-likeness (QED) is 0.320. The first-order valence-corrected chi connectivity index (χ1v) is 11.2. The highest BCUT2D eigenvalue weighted by Gasteiger charge is 2.65. The molecule has 0 unspecified atom stereocenters. The summed E-state index contributed by atoms with van der Waals surface area (Å²) in [7, 11) is 1.24. The van der Waals surface area contributed by atoms with Crippen LogP contribution < -0.4 is 20.9 Å². The Kier molecular flexibility index (Phi) is 5.51. The third-order valence-corrected chi connectivity index (χ3v) is 6.55. The van der Waals surface area contributed by atoms with Crippen LogP contribution in [0.25, 0.3) is 10.2 Å².